The molecule has 0 fully saturated rings. The number of fused-ring (bicyclic) bond motifs is 1. The molecule has 0 aliphatic heterocycles. The van der Waals surface area contributed by atoms with E-state index in [0.29, 0.717) is 5.82 Å². The van der Waals surface area contributed by atoms with Crippen LogP contribution in [0.25, 0.3) is 16.6 Å². The van der Waals surface area contributed by atoms with Gasteiger partial charge in [0, 0.05) is 7.05 Å². The lowest BCUT2D eigenvalue weighted by Crippen LogP contribution is -2.00. The van der Waals surface area contributed by atoms with Crippen molar-refractivity contribution in [3.8, 4) is 6.07 Å². The number of rotatable bonds is 5. The highest BCUT2D eigenvalue weighted by Crippen LogP contribution is 2.30. The average Bonchev–Trinajstić information content (AvgIpc) is 3.19. The number of thioether (sulfide) groups is 2. The molecule has 0 bridgehead atoms. The maximum absolute atomic E-state index is 10.4. The second-order valence-corrected chi connectivity index (χ2v) is 8.00. The first-order valence-corrected chi connectivity index (χ1v) is 9.91. The predicted octanol–water partition coefficient (Wildman–Crippen LogP) is 3.73. The van der Waals surface area contributed by atoms with E-state index in [0.717, 1.165) is 19.7 Å². The summed E-state index contributed by atoms with van der Waals surface area (Å²) in [6.07, 6.45) is 1.94. The van der Waals surface area contributed by atoms with Crippen molar-refractivity contribution in [2.24, 2.45) is 7.05 Å². The fourth-order valence-corrected chi connectivity index (χ4v) is 4.47. The molecule has 24 heavy (non-hydrogen) atoms. The fraction of sp³-hybridized carbons (Fsp3) is 0.200. The zero-order valence-electron chi connectivity index (χ0n) is 12.9. The van der Waals surface area contributed by atoms with Gasteiger partial charge in [-0.2, -0.15) is 5.26 Å². The van der Waals surface area contributed by atoms with Crippen molar-refractivity contribution in [3.05, 3.63) is 35.8 Å². The van der Waals surface area contributed by atoms with Gasteiger partial charge in [-0.3, -0.25) is 0 Å². The number of aliphatic hydroxyl groups excluding tert-OH is 1. The molecule has 0 aliphatic rings. The summed E-state index contributed by atoms with van der Waals surface area (Å²) in [6.45, 7) is 0. The largest absolute Gasteiger partial charge is 0.510 e. The molecule has 122 valence electrons. The van der Waals surface area contributed by atoms with Crippen LogP contribution in [0.3, 0.4) is 0 Å². The molecule has 2 aromatic heterocycles. The molecule has 6 nitrogen and oxygen atoms in total. The van der Waals surface area contributed by atoms with Gasteiger partial charge < -0.3 is 9.67 Å². The molecule has 0 saturated carbocycles. The van der Waals surface area contributed by atoms with Gasteiger partial charge in [0.15, 0.2) is 14.5 Å². The van der Waals surface area contributed by atoms with Crippen molar-refractivity contribution in [1.82, 2.24) is 19.7 Å². The number of benzene rings is 1. The van der Waals surface area contributed by atoms with E-state index in [1.54, 1.807) is 0 Å². The highest BCUT2D eigenvalue weighted by atomic mass is 32.2. The van der Waals surface area contributed by atoms with E-state index in [2.05, 4.69) is 21.3 Å². The van der Waals surface area contributed by atoms with E-state index in [1.807, 2.05) is 42.1 Å². The maximum atomic E-state index is 10.4. The van der Waals surface area contributed by atoms with Gasteiger partial charge >= 0.3 is 0 Å². The number of aromatic nitrogens is 4. The first-order chi connectivity index (χ1) is 11.6. The smallest absolute Gasteiger partial charge is 0.175 e. The second kappa shape index (κ2) is 7.25. The number of allylic oxidation sites excluding steroid dienone is 1. The van der Waals surface area contributed by atoms with E-state index < -0.39 is 0 Å². The Balaban J connectivity index is 1.89. The summed E-state index contributed by atoms with van der Waals surface area (Å²) in [5, 5.41) is 27.9. The van der Waals surface area contributed by atoms with Crippen LogP contribution < -0.4 is 0 Å². The highest BCUT2D eigenvalue weighted by Gasteiger charge is 2.17. The SMILES string of the molecule is CSc1nnc(SC/C(O)=C(\C#N)c2nc3ccccc3n2C)s1. The van der Waals surface area contributed by atoms with Gasteiger partial charge in [-0.15, -0.1) is 10.2 Å². The normalized spacial score (nSPS) is 12.2. The predicted molar refractivity (Wildman–Crippen MR) is 98.3 cm³/mol. The van der Waals surface area contributed by atoms with Crippen molar-refractivity contribution >= 4 is 51.5 Å². The Bertz CT molecular complexity index is 954. The summed E-state index contributed by atoms with van der Waals surface area (Å²) in [6, 6.07) is 9.68. The Morgan fingerprint density at radius 1 is 1.33 bits per heavy atom. The summed E-state index contributed by atoms with van der Waals surface area (Å²) in [4.78, 5) is 4.46. The number of hydrogen-bond acceptors (Lipinski definition) is 8. The molecule has 0 amide bonds. The summed E-state index contributed by atoms with van der Waals surface area (Å²) < 4.78 is 3.44. The third-order valence-corrected chi connectivity index (χ3v) is 6.35. The van der Waals surface area contributed by atoms with Gasteiger partial charge in [-0.25, -0.2) is 4.98 Å². The number of nitrogens with zero attached hydrogens (tertiary/aromatic N) is 5. The zero-order chi connectivity index (χ0) is 17.1. The molecule has 0 spiro atoms. The van der Waals surface area contributed by atoms with Gasteiger partial charge in [0.1, 0.15) is 17.4 Å². The molecular formula is C15H13N5OS3. The lowest BCUT2D eigenvalue weighted by molar-refractivity contribution is 0.420. The van der Waals surface area contributed by atoms with E-state index in [4.69, 9.17) is 0 Å². The molecule has 2 heterocycles. The molecular weight excluding hydrogens is 362 g/mol. The number of aliphatic hydroxyl groups is 1. The van der Waals surface area contributed by atoms with Crippen molar-refractivity contribution in [1.29, 1.82) is 5.26 Å². The van der Waals surface area contributed by atoms with Crippen LogP contribution in [-0.2, 0) is 7.05 Å². The van der Waals surface area contributed by atoms with Crippen LogP contribution in [0.5, 0.6) is 0 Å². The van der Waals surface area contributed by atoms with Gasteiger partial charge in [0.05, 0.1) is 16.8 Å². The second-order valence-electron chi connectivity index (χ2n) is 4.74. The van der Waals surface area contributed by atoms with Crippen molar-refractivity contribution in [3.63, 3.8) is 0 Å². The molecule has 1 N–H and O–H groups in total. The van der Waals surface area contributed by atoms with Gasteiger partial charge in [-0.1, -0.05) is 47.0 Å². The fourth-order valence-electron chi connectivity index (χ4n) is 2.15. The van der Waals surface area contributed by atoms with Crippen LogP contribution in [0, 0.1) is 11.3 Å². The Morgan fingerprint density at radius 2 is 2.08 bits per heavy atom. The van der Waals surface area contributed by atoms with Gasteiger partial charge in [0.2, 0.25) is 0 Å². The monoisotopic (exact) mass is 375 g/mol. The van der Waals surface area contributed by atoms with E-state index in [-0.39, 0.29) is 17.1 Å². The van der Waals surface area contributed by atoms with Crippen LogP contribution in [0.1, 0.15) is 5.82 Å². The first-order valence-electron chi connectivity index (χ1n) is 6.88. The quantitative estimate of drug-likeness (QED) is 0.413. The standard InChI is InChI=1S/C15H13N5OS3/c1-20-11-6-4-3-5-10(11)17-13(20)9(7-16)12(21)8-23-15-19-18-14(22-2)24-15/h3-6,21H,8H2,1-2H3/b12-9-. The Labute approximate surface area is 151 Å². The number of para-hydroxylation sites is 2. The lowest BCUT2D eigenvalue weighted by Gasteiger charge is -2.04. The average molecular weight is 376 g/mol. The lowest BCUT2D eigenvalue weighted by atomic mass is 10.2. The van der Waals surface area contributed by atoms with E-state index >= 15 is 0 Å². The summed E-state index contributed by atoms with van der Waals surface area (Å²) >= 11 is 4.34. The van der Waals surface area contributed by atoms with Crippen LogP contribution in [0.2, 0.25) is 0 Å². The van der Waals surface area contributed by atoms with Crippen molar-refractivity contribution < 1.29 is 5.11 Å². The highest BCUT2D eigenvalue weighted by molar-refractivity contribution is 8.03. The Kier molecular flexibility index (Phi) is 5.08. The van der Waals surface area contributed by atoms with Crippen LogP contribution in [-0.4, -0.2) is 36.9 Å². The number of hydrogen-bond donors (Lipinski definition) is 1. The first kappa shape index (κ1) is 16.8. The summed E-state index contributed by atoms with van der Waals surface area (Å²) in [5.41, 5.74) is 1.88. The van der Waals surface area contributed by atoms with Crippen molar-refractivity contribution in [2.75, 3.05) is 12.0 Å². The van der Waals surface area contributed by atoms with Crippen LogP contribution in [0.4, 0.5) is 0 Å². The molecule has 9 heteroatoms. The summed E-state index contributed by atoms with van der Waals surface area (Å²) in [5.74, 6) is 0.690. The van der Waals surface area contributed by atoms with E-state index in [9.17, 15) is 10.4 Å². The Hall–Kier alpha value is -2.02. The van der Waals surface area contributed by atoms with Crippen molar-refractivity contribution in [2.45, 2.75) is 8.68 Å². The molecule has 0 radical (unpaired) electrons. The van der Waals surface area contributed by atoms with Crippen LogP contribution >= 0.6 is 34.9 Å². The summed E-state index contributed by atoms with van der Waals surface area (Å²) in [7, 11) is 1.83. The number of imidazole rings is 1. The molecule has 3 rings (SSSR count). The minimum atomic E-state index is -0.0122. The zero-order valence-corrected chi connectivity index (χ0v) is 15.4. The molecule has 0 saturated heterocycles. The minimum Gasteiger partial charge on any atom is -0.510 e. The van der Waals surface area contributed by atoms with E-state index in [1.165, 1.54) is 34.9 Å². The Morgan fingerprint density at radius 3 is 2.75 bits per heavy atom. The third-order valence-electron chi connectivity index (χ3n) is 3.31. The topological polar surface area (TPSA) is 87.6 Å². The maximum Gasteiger partial charge on any atom is 0.175 e. The molecule has 0 unspecified atom stereocenters. The molecule has 3 aromatic rings. The van der Waals surface area contributed by atoms with Gasteiger partial charge in [0.25, 0.3) is 0 Å². The molecule has 1 aromatic carbocycles. The molecule has 0 aliphatic carbocycles. The van der Waals surface area contributed by atoms with Crippen LogP contribution in [0.15, 0.2) is 38.7 Å². The molecule has 0 atom stereocenters. The number of aryl methyl sites for hydroxylation is 1. The minimum absolute atomic E-state index is 0.0122. The third kappa shape index (κ3) is 3.26. The number of nitriles is 1. The van der Waals surface area contributed by atoms with Gasteiger partial charge in [-0.05, 0) is 18.4 Å².